The second-order valence-electron chi connectivity index (χ2n) is 4.00. The minimum atomic E-state index is -0.493. The smallest absolute Gasteiger partial charge is 0.140 e. The predicted octanol–water partition coefficient (Wildman–Crippen LogP) is 0.256. The van der Waals surface area contributed by atoms with Crippen LogP contribution in [0.3, 0.4) is 0 Å². The first-order chi connectivity index (χ1) is 7.09. The Balaban J connectivity index is 2.53. The zero-order chi connectivity index (χ0) is 11.3. The normalized spacial score (nSPS) is 11.7. The molecule has 0 aromatic heterocycles. The largest absolute Gasteiger partial charge is 0.390 e. The Labute approximate surface area is 98.3 Å². The van der Waals surface area contributed by atoms with E-state index in [2.05, 4.69) is 15.9 Å². The first-order valence-electron chi connectivity index (χ1n) is 4.90. The van der Waals surface area contributed by atoms with Gasteiger partial charge in [-0.05, 0) is 19.1 Å². The van der Waals surface area contributed by atoms with Gasteiger partial charge < -0.3 is 15.5 Å². The van der Waals surface area contributed by atoms with Crippen molar-refractivity contribution < 1.29 is 15.5 Å². The molecule has 1 rings (SSSR count). The van der Waals surface area contributed by atoms with E-state index in [1.165, 1.54) is 5.56 Å². The van der Waals surface area contributed by atoms with Gasteiger partial charge >= 0.3 is 0 Å². The van der Waals surface area contributed by atoms with Gasteiger partial charge in [-0.3, -0.25) is 0 Å². The van der Waals surface area contributed by atoms with Crippen molar-refractivity contribution in [1.82, 2.24) is 0 Å². The number of halogens is 1. The molecule has 0 aliphatic carbocycles. The number of aliphatic hydroxyl groups excluding tert-OH is 2. The molecule has 4 heteroatoms. The Hall–Kier alpha value is -0.420. The lowest BCUT2D eigenvalue weighted by Gasteiger charge is -2.22. The van der Waals surface area contributed by atoms with E-state index in [1.54, 1.807) is 0 Å². The van der Waals surface area contributed by atoms with Crippen LogP contribution in [0, 0.1) is 0 Å². The molecule has 0 radical (unpaired) electrons. The number of nitrogens with two attached hydrogens (primary N) is 1. The zero-order valence-electron chi connectivity index (χ0n) is 8.78. The highest BCUT2D eigenvalue weighted by Gasteiger charge is 2.25. The molecular weight excluding hydrogens is 258 g/mol. The lowest BCUT2D eigenvalue weighted by molar-refractivity contribution is -0.741. The summed E-state index contributed by atoms with van der Waals surface area (Å²) in [6.07, 6.45) is 0. The van der Waals surface area contributed by atoms with E-state index >= 15 is 0 Å². The monoisotopic (exact) mass is 274 g/mol. The van der Waals surface area contributed by atoms with Crippen LogP contribution in [-0.2, 0) is 6.54 Å². The fraction of sp³-hybridized carbons (Fsp3) is 0.455. The summed E-state index contributed by atoms with van der Waals surface area (Å²) in [6, 6.07) is 8.02. The Bertz CT molecular complexity index is 296. The zero-order valence-corrected chi connectivity index (χ0v) is 10.4. The molecule has 0 spiro atoms. The molecule has 4 N–H and O–H groups in total. The lowest BCUT2D eigenvalue weighted by atomic mass is 10.0. The maximum absolute atomic E-state index is 9.11. The average Bonchev–Trinajstić information content (AvgIpc) is 2.28. The van der Waals surface area contributed by atoms with E-state index in [9.17, 15) is 0 Å². The van der Waals surface area contributed by atoms with Gasteiger partial charge in [-0.2, -0.15) is 0 Å². The van der Waals surface area contributed by atoms with E-state index in [0.717, 1.165) is 11.0 Å². The summed E-state index contributed by atoms with van der Waals surface area (Å²) in [7, 11) is 0. The van der Waals surface area contributed by atoms with Gasteiger partial charge in [0.25, 0.3) is 0 Å². The van der Waals surface area contributed by atoms with Crippen molar-refractivity contribution in [3.05, 3.63) is 34.3 Å². The van der Waals surface area contributed by atoms with Gasteiger partial charge in [-0.15, -0.1) is 0 Å². The third-order valence-corrected chi connectivity index (χ3v) is 2.99. The van der Waals surface area contributed by atoms with Gasteiger partial charge in [-0.25, -0.2) is 0 Å². The van der Waals surface area contributed by atoms with Crippen LogP contribution < -0.4 is 5.32 Å². The van der Waals surface area contributed by atoms with Crippen LogP contribution >= 0.6 is 15.9 Å². The number of benzene rings is 1. The van der Waals surface area contributed by atoms with Crippen molar-refractivity contribution in [2.45, 2.75) is 19.0 Å². The molecule has 0 aliphatic heterocycles. The SMILES string of the molecule is CC(CO)(CO)[NH2+]Cc1ccc(Br)cc1. The first kappa shape index (κ1) is 12.6. The van der Waals surface area contributed by atoms with Crippen molar-refractivity contribution in [1.29, 1.82) is 0 Å². The molecule has 1 aromatic rings. The van der Waals surface area contributed by atoms with E-state index in [-0.39, 0.29) is 13.2 Å². The third-order valence-electron chi connectivity index (χ3n) is 2.47. The summed E-state index contributed by atoms with van der Waals surface area (Å²) in [5, 5.41) is 20.2. The lowest BCUT2D eigenvalue weighted by Crippen LogP contribution is -2.97. The molecule has 0 fully saturated rings. The summed E-state index contributed by atoms with van der Waals surface area (Å²) in [6.45, 7) is 2.54. The fourth-order valence-corrected chi connectivity index (χ4v) is 1.43. The van der Waals surface area contributed by atoms with Gasteiger partial charge in [-0.1, -0.05) is 28.1 Å². The fourth-order valence-electron chi connectivity index (χ4n) is 1.16. The van der Waals surface area contributed by atoms with Crippen molar-refractivity contribution in [2.24, 2.45) is 0 Å². The number of aliphatic hydroxyl groups is 2. The summed E-state index contributed by atoms with van der Waals surface area (Å²) in [5.74, 6) is 0. The van der Waals surface area contributed by atoms with Crippen LogP contribution in [-0.4, -0.2) is 29.0 Å². The molecule has 0 saturated carbocycles. The maximum atomic E-state index is 9.11. The standard InChI is InChI=1S/C11H16BrNO2/c1-11(7-14,8-15)13-6-9-2-4-10(12)5-3-9/h2-5,13-15H,6-8H2,1H3/p+1. The molecule has 0 bridgehead atoms. The maximum Gasteiger partial charge on any atom is 0.140 e. The Kier molecular flexibility index (Phi) is 4.73. The molecular formula is C11H17BrNO2+. The Morgan fingerprint density at radius 1 is 1.20 bits per heavy atom. The molecule has 0 amide bonds. The van der Waals surface area contributed by atoms with Crippen molar-refractivity contribution >= 4 is 15.9 Å². The molecule has 0 saturated heterocycles. The van der Waals surface area contributed by atoms with Gasteiger partial charge in [0.1, 0.15) is 12.1 Å². The van der Waals surface area contributed by atoms with Crippen LogP contribution in [0.25, 0.3) is 0 Å². The summed E-state index contributed by atoms with van der Waals surface area (Å²) in [5.41, 5.74) is 0.680. The highest BCUT2D eigenvalue weighted by atomic mass is 79.9. The van der Waals surface area contributed by atoms with Crippen LogP contribution in [0.5, 0.6) is 0 Å². The summed E-state index contributed by atoms with van der Waals surface area (Å²) >= 11 is 3.37. The minimum Gasteiger partial charge on any atom is -0.390 e. The summed E-state index contributed by atoms with van der Waals surface area (Å²) in [4.78, 5) is 0. The Morgan fingerprint density at radius 3 is 2.20 bits per heavy atom. The van der Waals surface area contributed by atoms with Crippen molar-refractivity contribution in [3.8, 4) is 0 Å². The highest BCUT2D eigenvalue weighted by molar-refractivity contribution is 9.10. The number of hydrogen-bond donors (Lipinski definition) is 3. The van der Waals surface area contributed by atoms with E-state index in [0.29, 0.717) is 0 Å². The van der Waals surface area contributed by atoms with Crippen LogP contribution in [0.4, 0.5) is 0 Å². The van der Waals surface area contributed by atoms with Crippen molar-refractivity contribution in [2.75, 3.05) is 13.2 Å². The molecule has 3 nitrogen and oxygen atoms in total. The van der Waals surface area contributed by atoms with Crippen LogP contribution in [0.2, 0.25) is 0 Å². The number of rotatable bonds is 5. The van der Waals surface area contributed by atoms with E-state index in [1.807, 2.05) is 36.5 Å². The van der Waals surface area contributed by atoms with Gasteiger partial charge in [0.2, 0.25) is 0 Å². The molecule has 84 valence electrons. The van der Waals surface area contributed by atoms with E-state index in [4.69, 9.17) is 10.2 Å². The van der Waals surface area contributed by atoms with Crippen LogP contribution in [0.15, 0.2) is 28.7 Å². The topological polar surface area (TPSA) is 57.1 Å². The number of quaternary nitrogens is 1. The molecule has 1 aromatic carbocycles. The molecule has 0 heterocycles. The number of hydrogen-bond acceptors (Lipinski definition) is 2. The highest BCUT2D eigenvalue weighted by Crippen LogP contribution is 2.09. The molecule has 0 atom stereocenters. The van der Waals surface area contributed by atoms with Gasteiger partial charge in [0, 0.05) is 10.0 Å². The second-order valence-corrected chi connectivity index (χ2v) is 4.92. The minimum absolute atomic E-state index is 0.0277. The quantitative estimate of drug-likeness (QED) is 0.722. The predicted molar refractivity (Wildman–Crippen MR) is 62.3 cm³/mol. The molecule has 15 heavy (non-hydrogen) atoms. The van der Waals surface area contributed by atoms with Crippen LogP contribution in [0.1, 0.15) is 12.5 Å². The molecule has 0 unspecified atom stereocenters. The van der Waals surface area contributed by atoms with E-state index < -0.39 is 5.54 Å². The van der Waals surface area contributed by atoms with Gasteiger partial charge in [0.05, 0.1) is 13.2 Å². The van der Waals surface area contributed by atoms with Crippen molar-refractivity contribution in [3.63, 3.8) is 0 Å². The first-order valence-corrected chi connectivity index (χ1v) is 5.69. The second kappa shape index (κ2) is 5.61. The Morgan fingerprint density at radius 2 is 1.73 bits per heavy atom. The summed E-state index contributed by atoms with van der Waals surface area (Å²) < 4.78 is 1.05. The third kappa shape index (κ3) is 3.91. The molecule has 0 aliphatic rings. The van der Waals surface area contributed by atoms with Gasteiger partial charge in [0.15, 0.2) is 0 Å². The average molecular weight is 275 g/mol.